The van der Waals surface area contributed by atoms with Gasteiger partial charge in [0, 0.05) is 12.5 Å². The van der Waals surface area contributed by atoms with Crippen molar-refractivity contribution in [1.82, 2.24) is 19.5 Å². The Hall–Kier alpha value is -1.85. The summed E-state index contributed by atoms with van der Waals surface area (Å²) in [6.45, 7) is 4.43. The number of imidazole rings is 1. The van der Waals surface area contributed by atoms with Crippen LogP contribution in [-0.2, 0) is 12.5 Å². The van der Waals surface area contributed by atoms with Crippen LogP contribution in [0.15, 0.2) is 9.59 Å². The number of aromatic nitrogens is 4. The van der Waals surface area contributed by atoms with Crippen LogP contribution >= 0.6 is 0 Å². The molecule has 3 rings (SSSR count). The van der Waals surface area contributed by atoms with Gasteiger partial charge in [-0.3, -0.25) is 14.3 Å². The van der Waals surface area contributed by atoms with E-state index in [1.807, 2.05) is 0 Å². The summed E-state index contributed by atoms with van der Waals surface area (Å²) in [5.74, 6) is 1.44. The number of nitrogens with zero attached hydrogens (tertiary/aromatic N) is 2. The van der Waals surface area contributed by atoms with Crippen LogP contribution in [0.4, 0.5) is 0 Å². The lowest BCUT2D eigenvalue weighted by atomic mass is 9.78. The van der Waals surface area contributed by atoms with Crippen molar-refractivity contribution in [2.45, 2.75) is 51.4 Å². The summed E-state index contributed by atoms with van der Waals surface area (Å²) >= 11 is 0. The number of rotatable bonds is 3. The maximum Gasteiger partial charge on any atom is 0.329 e. The molecule has 0 spiro atoms. The van der Waals surface area contributed by atoms with Gasteiger partial charge >= 0.3 is 5.69 Å². The van der Waals surface area contributed by atoms with Crippen LogP contribution in [0.5, 0.6) is 0 Å². The molecule has 1 saturated carbocycles. The van der Waals surface area contributed by atoms with Crippen molar-refractivity contribution < 1.29 is 0 Å². The highest BCUT2D eigenvalue weighted by atomic mass is 16.2. The van der Waals surface area contributed by atoms with Crippen molar-refractivity contribution in [3.63, 3.8) is 0 Å². The van der Waals surface area contributed by atoms with Crippen molar-refractivity contribution in [3.8, 4) is 0 Å². The van der Waals surface area contributed by atoms with E-state index in [0.717, 1.165) is 25.1 Å². The summed E-state index contributed by atoms with van der Waals surface area (Å²) < 4.78 is 1.40. The number of fused-ring (bicyclic) bond motifs is 1. The first-order valence-corrected chi connectivity index (χ1v) is 7.62. The largest absolute Gasteiger partial charge is 0.336 e. The lowest BCUT2D eigenvalue weighted by Crippen LogP contribution is -2.28. The normalized spacial score (nSPS) is 17.9. The topological polar surface area (TPSA) is 83.5 Å². The molecule has 1 fully saturated rings. The Morgan fingerprint density at radius 1 is 1.24 bits per heavy atom. The van der Waals surface area contributed by atoms with Crippen molar-refractivity contribution >= 4 is 11.2 Å². The molecule has 6 nitrogen and oxygen atoms in total. The number of hydrogen-bond donors (Lipinski definition) is 2. The molecule has 2 N–H and O–H groups in total. The summed E-state index contributed by atoms with van der Waals surface area (Å²) in [7, 11) is 1.63. The zero-order valence-corrected chi connectivity index (χ0v) is 12.8. The minimum Gasteiger partial charge on any atom is -0.336 e. The molecule has 0 bridgehead atoms. The molecule has 21 heavy (non-hydrogen) atoms. The average molecular weight is 290 g/mol. The highest BCUT2D eigenvalue weighted by Crippen LogP contribution is 2.44. The van der Waals surface area contributed by atoms with Gasteiger partial charge in [-0.15, -0.1) is 0 Å². The Balaban J connectivity index is 2.20. The quantitative estimate of drug-likeness (QED) is 0.904. The molecule has 2 aromatic heterocycles. The van der Waals surface area contributed by atoms with Crippen LogP contribution in [0, 0.1) is 5.92 Å². The number of aromatic amines is 2. The SMILES string of the molecule is CC(C)CC1(c2nc3c([nH]2)c(=O)[nH]c(=O)n3C)CCCC1. The maximum absolute atomic E-state index is 12.0. The van der Waals surface area contributed by atoms with Gasteiger partial charge in [-0.25, -0.2) is 9.78 Å². The number of H-pyrrole nitrogens is 2. The third-order valence-corrected chi connectivity index (χ3v) is 4.62. The first kappa shape index (κ1) is 14.1. The van der Waals surface area contributed by atoms with E-state index in [1.54, 1.807) is 7.05 Å². The molecule has 2 heterocycles. The van der Waals surface area contributed by atoms with E-state index < -0.39 is 5.69 Å². The molecule has 0 saturated heterocycles. The summed E-state index contributed by atoms with van der Waals surface area (Å²) in [5.41, 5.74) is 0.0747. The van der Waals surface area contributed by atoms with Crippen LogP contribution in [0.1, 0.15) is 51.8 Å². The van der Waals surface area contributed by atoms with Crippen LogP contribution in [0.3, 0.4) is 0 Å². The zero-order chi connectivity index (χ0) is 15.2. The van der Waals surface area contributed by atoms with Gasteiger partial charge in [0.2, 0.25) is 0 Å². The average Bonchev–Trinajstić information content (AvgIpc) is 3.02. The van der Waals surface area contributed by atoms with Gasteiger partial charge in [0.15, 0.2) is 5.65 Å². The van der Waals surface area contributed by atoms with E-state index in [1.165, 1.54) is 17.4 Å². The van der Waals surface area contributed by atoms with Crippen LogP contribution in [0.2, 0.25) is 0 Å². The maximum atomic E-state index is 12.0. The van der Waals surface area contributed by atoms with Gasteiger partial charge < -0.3 is 4.98 Å². The molecule has 0 radical (unpaired) electrons. The second-order valence-corrected chi connectivity index (χ2v) is 6.69. The molecular weight excluding hydrogens is 268 g/mol. The summed E-state index contributed by atoms with van der Waals surface area (Å²) in [6.07, 6.45) is 5.63. The lowest BCUT2D eigenvalue weighted by molar-refractivity contribution is 0.331. The Morgan fingerprint density at radius 2 is 1.90 bits per heavy atom. The van der Waals surface area contributed by atoms with E-state index in [-0.39, 0.29) is 11.0 Å². The van der Waals surface area contributed by atoms with E-state index in [9.17, 15) is 9.59 Å². The predicted octanol–water partition coefficient (Wildman–Crippen LogP) is 1.81. The molecule has 0 aliphatic heterocycles. The third-order valence-electron chi connectivity index (χ3n) is 4.62. The second-order valence-electron chi connectivity index (χ2n) is 6.69. The van der Waals surface area contributed by atoms with Crippen molar-refractivity contribution in [2.75, 3.05) is 0 Å². The standard InChI is InChI=1S/C15H22N4O2/c1-9(2)8-15(6-4-5-7-15)13-16-10-11(17-13)19(3)14(21)18-12(10)20/h9H,4-8H2,1-3H3,(H,16,17)(H,18,20,21). The first-order valence-electron chi connectivity index (χ1n) is 7.62. The van der Waals surface area contributed by atoms with Gasteiger partial charge in [-0.2, -0.15) is 0 Å². The van der Waals surface area contributed by atoms with Crippen molar-refractivity contribution in [2.24, 2.45) is 13.0 Å². The molecule has 0 atom stereocenters. The molecule has 1 aliphatic carbocycles. The Morgan fingerprint density at radius 3 is 2.52 bits per heavy atom. The first-order chi connectivity index (χ1) is 9.93. The van der Waals surface area contributed by atoms with Crippen molar-refractivity contribution in [3.05, 3.63) is 26.7 Å². The molecular formula is C15H22N4O2. The minimum absolute atomic E-state index is 0.0235. The highest BCUT2D eigenvalue weighted by molar-refractivity contribution is 5.69. The molecule has 1 aliphatic rings. The molecule has 2 aromatic rings. The fraction of sp³-hybridized carbons (Fsp3) is 0.667. The third kappa shape index (κ3) is 2.22. The van der Waals surface area contributed by atoms with Gasteiger partial charge in [-0.05, 0) is 25.2 Å². The van der Waals surface area contributed by atoms with Crippen LogP contribution in [-0.4, -0.2) is 19.5 Å². The number of aryl methyl sites for hydroxylation is 1. The molecule has 0 aromatic carbocycles. The number of hydrogen-bond acceptors (Lipinski definition) is 3. The summed E-state index contributed by atoms with van der Waals surface area (Å²) in [6, 6.07) is 0. The van der Waals surface area contributed by atoms with Crippen LogP contribution in [0.25, 0.3) is 11.2 Å². The monoisotopic (exact) mass is 290 g/mol. The fourth-order valence-corrected chi connectivity index (χ4v) is 3.73. The summed E-state index contributed by atoms with van der Waals surface area (Å²) in [5, 5.41) is 0. The van der Waals surface area contributed by atoms with E-state index in [2.05, 4.69) is 28.8 Å². The molecule has 0 unspecified atom stereocenters. The van der Waals surface area contributed by atoms with Gasteiger partial charge in [0.25, 0.3) is 5.56 Å². The second kappa shape index (κ2) is 4.86. The number of nitrogens with one attached hydrogen (secondary N) is 2. The van der Waals surface area contributed by atoms with Gasteiger partial charge in [-0.1, -0.05) is 26.7 Å². The summed E-state index contributed by atoms with van der Waals surface area (Å²) in [4.78, 5) is 33.8. The van der Waals surface area contributed by atoms with E-state index >= 15 is 0 Å². The molecule has 114 valence electrons. The fourth-order valence-electron chi connectivity index (χ4n) is 3.73. The zero-order valence-electron chi connectivity index (χ0n) is 12.8. The highest BCUT2D eigenvalue weighted by Gasteiger charge is 2.39. The van der Waals surface area contributed by atoms with E-state index in [0.29, 0.717) is 17.1 Å². The Bertz CT molecular complexity index is 775. The molecule has 0 amide bonds. The van der Waals surface area contributed by atoms with Gasteiger partial charge in [0.1, 0.15) is 11.3 Å². The Labute approximate surface area is 122 Å². The Kier molecular flexibility index (Phi) is 3.26. The predicted molar refractivity (Wildman–Crippen MR) is 81.6 cm³/mol. The van der Waals surface area contributed by atoms with E-state index in [4.69, 9.17) is 0 Å². The van der Waals surface area contributed by atoms with Crippen molar-refractivity contribution in [1.29, 1.82) is 0 Å². The molecule has 6 heteroatoms. The van der Waals surface area contributed by atoms with Crippen LogP contribution < -0.4 is 11.2 Å². The minimum atomic E-state index is -0.421. The van der Waals surface area contributed by atoms with Gasteiger partial charge in [0.05, 0.1) is 0 Å². The smallest absolute Gasteiger partial charge is 0.329 e. The lowest BCUT2D eigenvalue weighted by Gasteiger charge is -2.28.